The Labute approximate surface area is 50.1 Å². The highest BCUT2D eigenvalue weighted by Gasteiger charge is 2.02. The largest absolute Gasteiger partial charge is 0.297 e. The van der Waals surface area contributed by atoms with E-state index >= 15 is 0 Å². The van der Waals surface area contributed by atoms with E-state index in [1.165, 1.54) is 12.8 Å². The maximum atomic E-state index is 4.13. The molecule has 0 saturated heterocycles. The van der Waals surface area contributed by atoms with Crippen molar-refractivity contribution in [1.82, 2.24) is 0 Å². The first-order valence-electron chi connectivity index (χ1n) is 3.06. The molecule has 1 aliphatic heterocycles. The molecule has 0 amide bonds. The van der Waals surface area contributed by atoms with Gasteiger partial charge in [-0.3, -0.25) is 4.99 Å². The molecule has 1 nitrogen and oxygen atoms in total. The van der Waals surface area contributed by atoms with Gasteiger partial charge < -0.3 is 0 Å². The lowest BCUT2D eigenvalue weighted by Crippen LogP contribution is -2.04. The Morgan fingerprint density at radius 2 is 2.62 bits per heavy atom. The second-order valence-corrected chi connectivity index (χ2v) is 2.10. The van der Waals surface area contributed by atoms with Crippen LogP contribution in [0.3, 0.4) is 0 Å². The summed E-state index contributed by atoms with van der Waals surface area (Å²) in [5.41, 5.74) is 0. The van der Waals surface area contributed by atoms with E-state index in [9.17, 15) is 0 Å². The minimum atomic E-state index is 0.559. The van der Waals surface area contributed by atoms with E-state index in [0.29, 0.717) is 5.92 Å². The molecule has 0 bridgehead atoms. The van der Waals surface area contributed by atoms with Gasteiger partial charge in [0.1, 0.15) is 0 Å². The fourth-order valence-electron chi connectivity index (χ4n) is 0.881. The van der Waals surface area contributed by atoms with E-state index in [-0.39, 0.29) is 0 Å². The van der Waals surface area contributed by atoms with E-state index < -0.39 is 0 Å². The molecule has 1 atom stereocenters. The third-order valence-corrected chi connectivity index (χ3v) is 1.42. The molecule has 8 heavy (non-hydrogen) atoms. The summed E-state index contributed by atoms with van der Waals surface area (Å²) in [7, 11) is 0. The smallest absolute Gasteiger partial charge is 0.0385 e. The first-order chi connectivity index (χ1) is 3.93. The van der Waals surface area contributed by atoms with Crippen molar-refractivity contribution < 1.29 is 0 Å². The number of nitrogens with zero attached hydrogens (tertiary/aromatic N) is 1. The number of rotatable bonds is 1. The Hall–Kier alpha value is -0.590. The second-order valence-electron chi connectivity index (χ2n) is 2.10. The van der Waals surface area contributed by atoms with E-state index in [1.807, 2.05) is 12.3 Å². The summed E-state index contributed by atoms with van der Waals surface area (Å²) in [4.78, 5) is 4.13. The molecule has 0 radical (unpaired) electrons. The molecule has 1 heteroatoms. The van der Waals surface area contributed by atoms with Gasteiger partial charge in [0.25, 0.3) is 0 Å². The number of aliphatic imine (C=N–C) groups is 1. The number of hydrogen-bond acceptors (Lipinski definition) is 1. The monoisotopic (exact) mass is 109 g/mol. The molecular formula is C7H11N. The fourth-order valence-corrected chi connectivity index (χ4v) is 0.881. The molecule has 0 aliphatic carbocycles. The average Bonchev–Trinajstić information content (AvgIpc) is 1.90. The fraction of sp³-hybridized carbons (Fsp3) is 0.571. The van der Waals surface area contributed by atoms with Crippen LogP contribution in [-0.2, 0) is 0 Å². The van der Waals surface area contributed by atoms with Crippen molar-refractivity contribution >= 4 is 6.21 Å². The molecule has 0 fully saturated rings. The van der Waals surface area contributed by atoms with Crippen LogP contribution in [0.4, 0.5) is 0 Å². The minimum Gasteiger partial charge on any atom is -0.297 e. The predicted molar refractivity (Wildman–Crippen MR) is 36.3 cm³/mol. The number of allylic oxidation sites excluding steroid dienone is 1. The third-order valence-electron chi connectivity index (χ3n) is 1.42. The van der Waals surface area contributed by atoms with E-state index in [1.54, 1.807) is 0 Å². The van der Waals surface area contributed by atoms with Gasteiger partial charge in [-0.1, -0.05) is 6.08 Å². The van der Waals surface area contributed by atoms with Crippen molar-refractivity contribution in [3.8, 4) is 0 Å². The van der Waals surface area contributed by atoms with Gasteiger partial charge in [0.2, 0.25) is 0 Å². The lowest BCUT2D eigenvalue weighted by molar-refractivity contribution is 0.665. The van der Waals surface area contributed by atoms with Gasteiger partial charge in [-0.25, -0.2) is 0 Å². The highest BCUT2D eigenvalue weighted by atomic mass is 14.7. The molecule has 0 saturated carbocycles. The lowest BCUT2D eigenvalue weighted by atomic mass is 10.0. The summed E-state index contributed by atoms with van der Waals surface area (Å²) in [5.74, 6) is 0.559. The van der Waals surface area contributed by atoms with Crippen molar-refractivity contribution in [2.75, 3.05) is 6.54 Å². The van der Waals surface area contributed by atoms with Crippen molar-refractivity contribution in [3.63, 3.8) is 0 Å². The van der Waals surface area contributed by atoms with E-state index in [0.717, 1.165) is 6.54 Å². The van der Waals surface area contributed by atoms with Gasteiger partial charge in [0.15, 0.2) is 0 Å². The van der Waals surface area contributed by atoms with Crippen LogP contribution in [0.15, 0.2) is 17.6 Å². The summed E-state index contributed by atoms with van der Waals surface area (Å²) in [5, 5.41) is 0. The molecule has 44 valence electrons. The minimum absolute atomic E-state index is 0.559. The van der Waals surface area contributed by atoms with Crippen LogP contribution in [0.5, 0.6) is 0 Å². The van der Waals surface area contributed by atoms with Crippen LogP contribution in [-0.4, -0.2) is 12.8 Å². The molecule has 0 N–H and O–H groups in total. The van der Waals surface area contributed by atoms with Crippen LogP contribution in [0, 0.1) is 5.92 Å². The highest BCUT2D eigenvalue weighted by molar-refractivity contribution is 5.63. The molecule has 0 aromatic rings. The van der Waals surface area contributed by atoms with Gasteiger partial charge in [-0.2, -0.15) is 0 Å². The first-order valence-corrected chi connectivity index (χ1v) is 3.06. The summed E-state index contributed by atoms with van der Waals surface area (Å²) in [6.07, 6.45) is 6.43. The molecule has 0 aromatic carbocycles. The van der Waals surface area contributed by atoms with Crippen molar-refractivity contribution in [3.05, 3.63) is 12.7 Å². The highest BCUT2D eigenvalue weighted by Crippen LogP contribution is 2.08. The van der Waals surface area contributed by atoms with E-state index in [2.05, 4.69) is 11.6 Å². The Morgan fingerprint density at radius 3 is 3.00 bits per heavy atom. The molecule has 0 spiro atoms. The predicted octanol–water partition coefficient (Wildman–Crippen LogP) is 1.65. The molecule has 1 unspecified atom stereocenters. The van der Waals surface area contributed by atoms with Gasteiger partial charge in [0.05, 0.1) is 0 Å². The standard InChI is InChI=1S/C7H11N/c1-2-7-4-3-5-8-6-7/h2,6-7H,1,3-5H2. The second kappa shape index (κ2) is 2.65. The summed E-state index contributed by atoms with van der Waals surface area (Å²) in [6.45, 7) is 4.71. The van der Waals surface area contributed by atoms with Crippen LogP contribution in [0.25, 0.3) is 0 Å². The molecule has 0 aromatic heterocycles. The lowest BCUT2D eigenvalue weighted by Gasteiger charge is -2.09. The van der Waals surface area contributed by atoms with Gasteiger partial charge in [-0.15, -0.1) is 6.58 Å². The maximum Gasteiger partial charge on any atom is 0.0385 e. The zero-order valence-electron chi connectivity index (χ0n) is 5.01. The van der Waals surface area contributed by atoms with Crippen molar-refractivity contribution in [2.45, 2.75) is 12.8 Å². The van der Waals surface area contributed by atoms with Gasteiger partial charge in [-0.05, 0) is 12.8 Å². The third kappa shape index (κ3) is 1.19. The summed E-state index contributed by atoms with van der Waals surface area (Å²) >= 11 is 0. The Morgan fingerprint density at radius 1 is 1.75 bits per heavy atom. The zero-order valence-corrected chi connectivity index (χ0v) is 5.01. The normalized spacial score (nSPS) is 27.8. The van der Waals surface area contributed by atoms with Gasteiger partial charge in [0, 0.05) is 18.7 Å². The average molecular weight is 109 g/mol. The molecule has 1 rings (SSSR count). The molecular weight excluding hydrogens is 98.1 g/mol. The Bertz CT molecular complexity index is 105. The van der Waals surface area contributed by atoms with Crippen LogP contribution in [0.2, 0.25) is 0 Å². The van der Waals surface area contributed by atoms with E-state index in [4.69, 9.17) is 0 Å². The quantitative estimate of drug-likeness (QED) is 0.454. The van der Waals surface area contributed by atoms with Crippen molar-refractivity contribution in [2.24, 2.45) is 10.9 Å². The van der Waals surface area contributed by atoms with Crippen LogP contribution < -0.4 is 0 Å². The summed E-state index contributed by atoms with van der Waals surface area (Å²) < 4.78 is 0. The van der Waals surface area contributed by atoms with Crippen LogP contribution >= 0.6 is 0 Å². The van der Waals surface area contributed by atoms with Crippen molar-refractivity contribution in [1.29, 1.82) is 0 Å². The maximum absolute atomic E-state index is 4.13. The molecule has 1 aliphatic rings. The molecule has 1 heterocycles. The Balaban J connectivity index is 2.42. The SMILES string of the molecule is C=CC1C=NCCC1. The topological polar surface area (TPSA) is 12.4 Å². The zero-order chi connectivity index (χ0) is 5.82. The van der Waals surface area contributed by atoms with Gasteiger partial charge >= 0.3 is 0 Å². The Kier molecular flexibility index (Phi) is 1.84. The first kappa shape index (κ1) is 5.54. The number of hydrogen-bond donors (Lipinski definition) is 0. The van der Waals surface area contributed by atoms with Crippen LogP contribution in [0.1, 0.15) is 12.8 Å². The summed E-state index contributed by atoms with van der Waals surface area (Å²) in [6, 6.07) is 0.